The van der Waals surface area contributed by atoms with Crippen LogP contribution in [0.2, 0.25) is 19.6 Å². The summed E-state index contributed by atoms with van der Waals surface area (Å²) in [6, 6.07) is 10.3. The van der Waals surface area contributed by atoms with Crippen LogP contribution in [-0.2, 0) is 11.5 Å². The lowest BCUT2D eigenvalue weighted by atomic mass is 10.1. The van der Waals surface area contributed by atoms with E-state index < -0.39 is 8.32 Å². The minimum absolute atomic E-state index is 0.0161. The summed E-state index contributed by atoms with van der Waals surface area (Å²) in [4.78, 5) is 8.63. The molecular weight excluding hydrogens is 278 g/mol. The smallest absolute Gasteiger partial charge is 0.184 e. The SMILES string of the molecule is Cn1cncc1C=NCC(O[Si](C)(C)C)c1ccccc1. The van der Waals surface area contributed by atoms with Gasteiger partial charge in [-0.3, -0.25) is 4.99 Å². The van der Waals surface area contributed by atoms with E-state index in [1.165, 1.54) is 5.56 Å². The molecule has 0 aliphatic carbocycles. The molecule has 0 saturated carbocycles. The molecule has 1 atom stereocenters. The van der Waals surface area contributed by atoms with Crippen molar-refractivity contribution in [2.75, 3.05) is 6.54 Å². The molecule has 0 aliphatic heterocycles. The Morgan fingerprint density at radius 3 is 2.57 bits per heavy atom. The van der Waals surface area contributed by atoms with Gasteiger partial charge in [-0.1, -0.05) is 30.3 Å². The van der Waals surface area contributed by atoms with Gasteiger partial charge >= 0.3 is 0 Å². The van der Waals surface area contributed by atoms with Crippen LogP contribution in [0.5, 0.6) is 0 Å². The van der Waals surface area contributed by atoms with Crippen LogP contribution in [0, 0.1) is 0 Å². The first kappa shape index (κ1) is 15.7. The van der Waals surface area contributed by atoms with Crippen molar-refractivity contribution < 1.29 is 4.43 Å². The number of aryl methyl sites for hydroxylation is 1. The lowest BCUT2D eigenvalue weighted by Gasteiger charge is -2.25. The molecule has 2 rings (SSSR count). The second kappa shape index (κ2) is 6.82. The number of aliphatic imine (C=N–C) groups is 1. The Balaban J connectivity index is 2.10. The maximum atomic E-state index is 6.28. The Hall–Kier alpha value is -1.72. The zero-order chi connectivity index (χ0) is 15.3. The third-order valence-electron chi connectivity index (χ3n) is 3.02. The summed E-state index contributed by atoms with van der Waals surface area (Å²) in [5.74, 6) is 0. The van der Waals surface area contributed by atoms with Gasteiger partial charge in [-0.25, -0.2) is 4.98 Å². The van der Waals surface area contributed by atoms with E-state index in [-0.39, 0.29) is 6.10 Å². The van der Waals surface area contributed by atoms with E-state index >= 15 is 0 Å². The van der Waals surface area contributed by atoms with Crippen molar-refractivity contribution in [1.82, 2.24) is 9.55 Å². The summed E-state index contributed by atoms with van der Waals surface area (Å²) in [6.07, 6.45) is 5.45. The molecule has 0 fully saturated rings. The van der Waals surface area contributed by atoms with Gasteiger partial charge in [0, 0.05) is 13.3 Å². The molecule has 0 spiro atoms. The van der Waals surface area contributed by atoms with E-state index in [4.69, 9.17) is 4.43 Å². The van der Waals surface area contributed by atoms with Crippen LogP contribution >= 0.6 is 0 Å². The fraction of sp³-hybridized carbons (Fsp3) is 0.375. The summed E-state index contributed by atoms with van der Waals surface area (Å²) in [6.45, 7) is 7.23. The number of aromatic nitrogens is 2. The van der Waals surface area contributed by atoms with Crippen LogP contribution in [0.4, 0.5) is 0 Å². The molecule has 4 nitrogen and oxygen atoms in total. The van der Waals surface area contributed by atoms with E-state index in [1.807, 2.05) is 36.0 Å². The van der Waals surface area contributed by atoms with Crippen molar-refractivity contribution in [1.29, 1.82) is 0 Å². The standard InChI is InChI=1S/C16H23N3OSi/c1-19-13-18-11-15(19)10-17-12-16(20-21(2,3)4)14-8-6-5-7-9-14/h5-11,13,16H,12H2,1-4H3. The molecule has 1 aromatic carbocycles. The van der Waals surface area contributed by atoms with Crippen molar-refractivity contribution >= 4 is 14.5 Å². The fourth-order valence-corrected chi connectivity index (χ4v) is 3.10. The van der Waals surface area contributed by atoms with Crippen LogP contribution in [0.3, 0.4) is 0 Å². The minimum atomic E-state index is -1.62. The Bertz CT molecular complexity index is 587. The lowest BCUT2D eigenvalue weighted by molar-refractivity contribution is 0.207. The molecule has 112 valence electrons. The largest absolute Gasteiger partial charge is 0.409 e. The maximum absolute atomic E-state index is 6.28. The minimum Gasteiger partial charge on any atom is -0.409 e. The summed E-state index contributed by atoms with van der Waals surface area (Å²) in [5.41, 5.74) is 2.18. The van der Waals surface area contributed by atoms with Crippen molar-refractivity contribution in [3.05, 3.63) is 54.1 Å². The number of nitrogens with zero attached hydrogens (tertiary/aromatic N) is 3. The van der Waals surface area contributed by atoms with Crippen molar-refractivity contribution in [2.45, 2.75) is 25.7 Å². The van der Waals surface area contributed by atoms with E-state index in [2.05, 4.69) is 41.8 Å². The first-order valence-electron chi connectivity index (χ1n) is 7.14. The van der Waals surface area contributed by atoms with Gasteiger partial charge in [-0.2, -0.15) is 0 Å². The van der Waals surface area contributed by atoms with Gasteiger partial charge in [0.2, 0.25) is 0 Å². The first-order valence-corrected chi connectivity index (χ1v) is 10.6. The van der Waals surface area contributed by atoms with Gasteiger partial charge in [-0.05, 0) is 25.2 Å². The summed E-state index contributed by atoms with van der Waals surface area (Å²) in [7, 11) is 0.338. The van der Waals surface area contributed by atoms with Gasteiger partial charge in [0.1, 0.15) is 0 Å². The predicted molar refractivity (Wildman–Crippen MR) is 89.3 cm³/mol. The third kappa shape index (κ3) is 4.95. The highest BCUT2D eigenvalue weighted by molar-refractivity contribution is 6.69. The van der Waals surface area contributed by atoms with Crippen LogP contribution < -0.4 is 0 Å². The predicted octanol–water partition coefficient (Wildman–Crippen LogP) is 3.43. The number of hydrogen-bond donors (Lipinski definition) is 0. The molecule has 1 aromatic heterocycles. The van der Waals surface area contributed by atoms with Gasteiger partial charge in [-0.15, -0.1) is 0 Å². The highest BCUT2D eigenvalue weighted by Gasteiger charge is 2.21. The Morgan fingerprint density at radius 1 is 1.29 bits per heavy atom. The Labute approximate surface area is 127 Å². The summed E-state index contributed by atoms with van der Waals surface area (Å²) < 4.78 is 8.22. The van der Waals surface area contributed by atoms with Crippen molar-refractivity contribution in [3.63, 3.8) is 0 Å². The number of rotatable bonds is 6. The molecule has 1 unspecified atom stereocenters. The zero-order valence-electron chi connectivity index (χ0n) is 13.2. The van der Waals surface area contributed by atoms with Gasteiger partial charge < -0.3 is 8.99 Å². The second-order valence-corrected chi connectivity index (χ2v) is 10.5. The van der Waals surface area contributed by atoms with Crippen molar-refractivity contribution in [2.24, 2.45) is 12.0 Å². The van der Waals surface area contributed by atoms with Gasteiger partial charge in [0.05, 0.1) is 30.9 Å². The molecule has 0 radical (unpaired) electrons. The van der Waals surface area contributed by atoms with Crippen molar-refractivity contribution in [3.8, 4) is 0 Å². The van der Waals surface area contributed by atoms with Crippen LogP contribution in [0.15, 0.2) is 47.8 Å². The molecule has 0 bridgehead atoms. The first-order chi connectivity index (χ1) is 9.96. The summed E-state index contributed by atoms with van der Waals surface area (Å²) in [5, 5.41) is 0. The van der Waals surface area contributed by atoms with Gasteiger partial charge in [0.15, 0.2) is 8.32 Å². The second-order valence-electron chi connectivity index (χ2n) is 6.05. The van der Waals surface area contributed by atoms with E-state index in [9.17, 15) is 0 Å². The number of hydrogen-bond acceptors (Lipinski definition) is 3. The van der Waals surface area contributed by atoms with E-state index in [1.54, 1.807) is 12.5 Å². The van der Waals surface area contributed by atoms with Crippen LogP contribution in [0.25, 0.3) is 0 Å². The molecule has 0 aliphatic rings. The molecular formula is C16H23N3OSi. The monoisotopic (exact) mass is 301 g/mol. The Kier molecular flexibility index (Phi) is 5.09. The molecule has 0 saturated heterocycles. The zero-order valence-corrected chi connectivity index (χ0v) is 14.2. The molecule has 1 heterocycles. The lowest BCUT2D eigenvalue weighted by Crippen LogP contribution is -2.29. The maximum Gasteiger partial charge on any atom is 0.184 e. The third-order valence-corrected chi connectivity index (χ3v) is 4.01. The highest BCUT2D eigenvalue weighted by atomic mass is 28.4. The molecule has 0 N–H and O–H groups in total. The molecule has 2 aromatic rings. The van der Waals surface area contributed by atoms with Gasteiger partial charge in [0.25, 0.3) is 0 Å². The number of imidazole rings is 1. The van der Waals surface area contributed by atoms with E-state index in [0.29, 0.717) is 6.54 Å². The quantitative estimate of drug-likeness (QED) is 0.606. The van der Waals surface area contributed by atoms with E-state index in [0.717, 1.165) is 5.69 Å². The highest BCUT2D eigenvalue weighted by Crippen LogP contribution is 2.22. The normalized spacial score (nSPS) is 13.7. The van der Waals surface area contributed by atoms with Crippen LogP contribution in [-0.4, -0.2) is 30.6 Å². The topological polar surface area (TPSA) is 39.4 Å². The molecule has 5 heteroatoms. The fourth-order valence-electron chi connectivity index (χ4n) is 2.04. The molecule has 21 heavy (non-hydrogen) atoms. The average Bonchev–Trinajstić information content (AvgIpc) is 2.83. The molecule has 0 amide bonds. The Morgan fingerprint density at radius 2 is 2.00 bits per heavy atom. The average molecular weight is 301 g/mol. The van der Waals surface area contributed by atoms with Crippen LogP contribution in [0.1, 0.15) is 17.4 Å². The summed E-state index contributed by atoms with van der Waals surface area (Å²) >= 11 is 0. The number of benzene rings is 1.